The molecule has 4 amide bonds. The van der Waals surface area contributed by atoms with Crippen LogP contribution < -0.4 is 29.9 Å². The number of carbonyl (C=O) groups excluding carboxylic acids is 4. The third kappa shape index (κ3) is 8.11. The topological polar surface area (TPSA) is 197 Å². The molecule has 0 aliphatic carbocycles. The number of aromatic nitrogens is 6. The van der Waals surface area contributed by atoms with Gasteiger partial charge in [0.2, 0.25) is 0 Å². The highest BCUT2D eigenvalue weighted by atomic mass is 19.1. The highest BCUT2D eigenvalue weighted by molar-refractivity contribution is 6.03. The first-order chi connectivity index (χ1) is 31.0. The van der Waals surface area contributed by atoms with Crippen LogP contribution >= 0.6 is 0 Å². The van der Waals surface area contributed by atoms with Crippen molar-refractivity contribution in [3.63, 3.8) is 0 Å². The number of benzene rings is 2. The average molecular weight is 875 g/mol. The average Bonchev–Trinajstić information content (AvgIpc) is 3.92. The summed E-state index contributed by atoms with van der Waals surface area (Å²) in [6, 6.07) is 20.8. The molecule has 4 aliphatic heterocycles. The van der Waals surface area contributed by atoms with Crippen LogP contribution in [0.4, 0.5) is 20.4 Å². The molecule has 0 saturated heterocycles. The summed E-state index contributed by atoms with van der Waals surface area (Å²) in [5.74, 6) is -0.870. The van der Waals surface area contributed by atoms with E-state index >= 15 is 0 Å². The maximum Gasteiger partial charge on any atom is 0.272 e. The number of halogens is 2. The van der Waals surface area contributed by atoms with Crippen molar-refractivity contribution in [1.82, 2.24) is 40.2 Å². The standard InChI is InChI=1S/2C22H20FN5O4/c2*1-27-20-18(7-4-8-24-20)32-12-16(22(27)30)25-21(29)15-11-17-19(31-10-9-28(17)26-15)13-5-2-3-6-14(13)23/h2*2-8,11,16,19H,9-10,12H2,1H3,(H,25,29)/t16-,19+;16-,19-/m00/s1. The number of ether oxygens (including phenoxy) is 4. The SMILES string of the molecule is CN1C(=O)[C@@H](NC(=O)c2cc3n(n2)CCO[C@@H]3c2ccccc2F)COc2cccnc21.CN1C(=O)[C@@H](NC(=O)c2cc3n(n2)CCO[C@H]3c2ccccc2F)COc2cccnc21. The molecule has 4 aromatic heterocycles. The smallest absolute Gasteiger partial charge is 0.272 e. The Hall–Kier alpha value is -7.58. The second-order valence-electron chi connectivity index (χ2n) is 15.0. The predicted octanol–water partition coefficient (Wildman–Crippen LogP) is 3.38. The van der Waals surface area contributed by atoms with Gasteiger partial charge in [-0.05, 0) is 48.5 Å². The summed E-state index contributed by atoms with van der Waals surface area (Å²) in [5.41, 5.74) is 2.12. The molecular formula is C44H40F2N10O8. The summed E-state index contributed by atoms with van der Waals surface area (Å²) < 4.78 is 54.8. The zero-order valence-corrected chi connectivity index (χ0v) is 34.4. The lowest BCUT2D eigenvalue weighted by Gasteiger charge is -2.24. The van der Waals surface area contributed by atoms with Crippen LogP contribution in [0.3, 0.4) is 0 Å². The molecule has 0 unspecified atom stereocenters. The second kappa shape index (κ2) is 17.7. The van der Waals surface area contributed by atoms with E-state index in [0.29, 0.717) is 72.0 Å². The molecule has 18 nitrogen and oxygen atoms in total. The second-order valence-corrected chi connectivity index (χ2v) is 15.0. The number of carbonyl (C=O) groups is 4. The fourth-order valence-corrected chi connectivity index (χ4v) is 7.75. The van der Waals surface area contributed by atoms with Crippen LogP contribution in [0.15, 0.2) is 97.3 Å². The number of fused-ring (bicyclic) bond motifs is 4. The summed E-state index contributed by atoms with van der Waals surface area (Å²) in [6.07, 6.45) is 1.78. The van der Waals surface area contributed by atoms with Gasteiger partial charge in [0.15, 0.2) is 34.5 Å². The van der Waals surface area contributed by atoms with E-state index in [1.165, 1.54) is 21.9 Å². The minimum atomic E-state index is -0.918. The maximum absolute atomic E-state index is 14.3. The van der Waals surface area contributed by atoms with Crippen molar-refractivity contribution in [2.45, 2.75) is 37.4 Å². The fourth-order valence-electron chi connectivity index (χ4n) is 7.75. The van der Waals surface area contributed by atoms with E-state index in [1.807, 2.05) is 0 Å². The van der Waals surface area contributed by atoms with Gasteiger partial charge in [0.25, 0.3) is 23.6 Å². The molecule has 2 N–H and O–H groups in total. The molecule has 2 aromatic carbocycles. The van der Waals surface area contributed by atoms with Crippen LogP contribution in [0.2, 0.25) is 0 Å². The molecule has 0 radical (unpaired) electrons. The molecule has 8 heterocycles. The number of nitrogens with zero attached hydrogens (tertiary/aromatic N) is 8. The zero-order chi connectivity index (χ0) is 44.5. The van der Waals surface area contributed by atoms with Crippen LogP contribution in [0.1, 0.15) is 55.7 Å². The van der Waals surface area contributed by atoms with Gasteiger partial charge in [0, 0.05) is 37.6 Å². The Balaban J connectivity index is 0.000000162. The predicted molar refractivity (Wildman–Crippen MR) is 222 cm³/mol. The molecule has 10 rings (SSSR count). The van der Waals surface area contributed by atoms with Crippen LogP contribution in [-0.4, -0.2) is 106 Å². The van der Waals surface area contributed by atoms with Gasteiger partial charge in [0.1, 0.15) is 49.1 Å². The monoisotopic (exact) mass is 874 g/mol. The van der Waals surface area contributed by atoms with E-state index < -0.39 is 47.7 Å². The van der Waals surface area contributed by atoms with Gasteiger partial charge in [-0.15, -0.1) is 0 Å². The van der Waals surface area contributed by atoms with Crippen LogP contribution in [0.25, 0.3) is 0 Å². The van der Waals surface area contributed by atoms with Crippen LogP contribution in [0.5, 0.6) is 11.5 Å². The Morgan fingerprint density at radius 3 is 1.47 bits per heavy atom. The van der Waals surface area contributed by atoms with Crippen LogP contribution in [-0.2, 0) is 32.2 Å². The highest BCUT2D eigenvalue weighted by Crippen LogP contribution is 2.34. The Labute approximate surface area is 363 Å². The number of likely N-dealkylation sites (N-methyl/N-ethyl adjacent to an activating group) is 2. The molecule has 4 aliphatic rings. The summed E-state index contributed by atoms with van der Waals surface area (Å²) in [6.45, 7) is 1.45. The Morgan fingerprint density at radius 2 is 1.05 bits per heavy atom. The first-order valence-corrected chi connectivity index (χ1v) is 20.3. The lowest BCUT2D eigenvalue weighted by Crippen LogP contribution is -2.49. The van der Waals surface area contributed by atoms with Crippen molar-refractivity contribution in [2.75, 3.05) is 50.3 Å². The Bertz CT molecular complexity index is 2580. The van der Waals surface area contributed by atoms with Gasteiger partial charge in [-0.1, -0.05) is 36.4 Å². The lowest BCUT2D eigenvalue weighted by atomic mass is 10.0. The molecule has 0 spiro atoms. The normalized spacial score (nSPS) is 20.1. The number of anilines is 2. The molecule has 64 heavy (non-hydrogen) atoms. The zero-order valence-electron chi connectivity index (χ0n) is 34.4. The van der Waals surface area contributed by atoms with Crippen molar-refractivity contribution >= 4 is 35.3 Å². The van der Waals surface area contributed by atoms with E-state index in [1.54, 1.807) is 109 Å². The Morgan fingerprint density at radius 1 is 0.625 bits per heavy atom. The first-order valence-electron chi connectivity index (χ1n) is 20.3. The largest absolute Gasteiger partial charge is 0.487 e. The number of rotatable bonds is 6. The molecule has 0 fully saturated rings. The first kappa shape index (κ1) is 41.8. The summed E-state index contributed by atoms with van der Waals surface area (Å²) in [5, 5.41) is 14.1. The van der Waals surface area contributed by atoms with Gasteiger partial charge in [0.05, 0.1) is 37.7 Å². The van der Waals surface area contributed by atoms with Gasteiger partial charge in [-0.2, -0.15) is 10.2 Å². The molecule has 20 heteroatoms. The fraction of sp³-hybridized carbons (Fsp3) is 0.273. The molecular weight excluding hydrogens is 835 g/mol. The minimum Gasteiger partial charge on any atom is -0.487 e. The highest BCUT2D eigenvalue weighted by Gasteiger charge is 2.36. The van der Waals surface area contributed by atoms with Gasteiger partial charge in [-0.25, -0.2) is 18.7 Å². The van der Waals surface area contributed by atoms with Crippen molar-refractivity contribution in [3.8, 4) is 11.5 Å². The lowest BCUT2D eigenvalue weighted by molar-refractivity contribution is -0.121. The molecule has 0 saturated carbocycles. The van der Waals surface area contributed by atoms with Crippen molar-refractivity contribution in [1.29, 1.82) is 0 Å². The quantitative estimate of drug-likeness (QED) is 0.248. The van der Waals surface area contributed by atoms with Crippen molar-refractivity contribution < 1.29 is 46.9 Å². The van der Waals surface area contributed by atoms with E-state index in [0.717, 1.165) is 0 Å². The van der Waals surface area contributed by atoms with Crippen molar-refractivity contribution in [3.05, 3.63) is 143 Å². The summed E-state index contributed by atoms with van der Waals surface area (Å²) >= 11 is 0. The van der Waals surface area contributed by atoms with E-state index in [-0.39, 0.29) is 36.4 Å². The Kier molecular flexibility index (Phi) is 11.5. The van der Waals surface area contributed by atoms with Gasteiger partial charge in [-0.3, -0.25) is 38.3 Å². The van der Waals surface area contributed by atoms with Gasteiger partial charge >= 0.3 is 0 Å². The third-order valence-corrected chi connectivity index (χ3v) is 11.0. The van der Waals surface area contributed by atoms with Gasteiger partial charge < -0.3 is 29.6 Å². The molecule has 4 atom stereocenters. The van der Waals surface area contributed by atoms with Crippen LogP contribution in [0, 0.1) is 11.6 Å². The number of pyridine rings is 2. The minimum absolute atomic E-state index is 0.0395. The molecule has 0 bridgehead atoms. The van der Waals surface area contributed by atoms with Crippen molar-refractivity contribution in [2.24, 2.45) is 0 Å². The number of nitrogens with one attached hydrogen (secondary N) is 2. The summed E-state index contributed by atoms with van der Waals surface area (Å²) in [4.78, 5) is 62.6. The number of hydrogen-bond acceptors (Lipinski definition) is 12. The summed E-state index contributed by atoms with van der Waals surface area (Å²) in [7, 11) is 3.15. The van der Waals surface area contributed by atoms with E-state index in [4.69, 9.17) is 18.9 Å². The number of hydrogen-bond donors (Lipinski definition) is 2. The third-order valence-electron chi connectivity index (χ3n) is 11.0. The van der Waals surface area contributed by atoms with E-state index in [2.05, 4.69) is 30.8 Å². The number of amides is 4. The molecule has 6 aromatic rings. The van der Waals surface area contributed by atoms with E-state index in [9.17, 15) is 28.0 Å². The maximum atomic E-state index is 14.3. The molecule has 328 valence electrons.